The first kappa shape index (κ1) is 18.1. The second-order valence-electron chi connectivity index (χ2n) is 8.36. The number of likely N-dealkylation sites (tertiary alicyclic amines) is 1. The number of hydrogen-bond donors (Lipinski definition) is 1. The van der Waals surface area contributed by atoms with Crippen LogP contribution in [0.3, 0.4) is 0 Å². The number of nitrogens with zero attached hydrogens (tertiary/aromatic N) is 3. The third-order valence-electron chi connectivity index (χ3n) is 6.26. The predicted octanol–water partition coefficient (Wildman–Crippen LogP) is 1.66. The summed E-state index contributed by atoms with van der Waals surface area (Å²) in [5.41, 5.74) is 2.43. The van der Waals surface area contributed by atoms with Gasteiger partial charge in [-0.1, -0.05) is 42.0 Å². The normalized spacial score (nSPS) is 29.5. The van der Waals surface area contributed by atoms with Crippen LogP contribution < -0.4 is 0 Å². The van der Waals surface area contributed by atoms with Crippen molar-refractivity contribution in [2.45, 2.75) is 31.7 Å². The van der Waals surface area contributed by atoms with Crippen LogP contribution in [0.4, 0.5) is 0 Å². The lowest BCUT2D eigenvalue weighted by atomic mass is 9.76. The van der Waals surface area contributed by atoms with Crippen molar-refractivity contribution in [3.63, 3.8) is 0 Å². The topological polar surface area (TPSA) is 78.5 Å². The Hall–Kier alpha value is -2.93. The average molecular weight is 392 g/mol. The summed E-state index contributed by atoms with van der Waals surface area (Å²) in [5.74, 6) is -1.000. The molecule has 0 saturated carbocycles. The Kier molecular flexibility index (Phi) is 4.10. The summed E-state index contributed by atoms with van der Waals surface area (Å²) in [6.07, 6.45) is 5.28. The largest absolute Gasteiger partial charge is 0.360 e. The fourth-order valence-electron chi connectivity index (χ4n) is 4.99. The zero-order valence-electron chi connectivity index (χ0n) is 16.5. The van der Waals surface area contributed by atoms with Crippen LogP contribution in [0.15, 0.2) is 48.7 Å². The van der Waals surface area contributed by atoms with Crippen LogP contribution >= 0.6 is 0 Å². The van der Waals surface area contributed by atoms with Crippen LogP contribution in [0.5, 0.6) is 0 Å². The van der Waals surface area contributed by atoms with E-state index < -0.39 is 17.4 Å². The molecule has 2 saturated heterocycles. The number of aromatic nitrogens is 2. The number of carbonyl (C=O) groups excluding carboxylic acids is 2. The van der Waals surface area contributed by atoms with E-state index in [2.05, 4.69) is 16.3 Å². The van der Waals surface area contributed by atoms with Gasteiger partial charge in [-0.05, 0) is 18.6 Å². The Morgan fingerprint density at radius 3 is 3.03 bits per heavy atom. The van der Waals surface area contributed by atoms with E-state index in [0.29, 0.717) is 19.6 Å². The molecule has 1 spiro atoms. The molecule has 2 aromatic rings. The van der Waals surface area contributed by atoms with Gasteiger partial charge in [0.15, 0.2) is 0 Å². The van der Waals surface area contributed by atoms with Gasteiger partial charge in [-0.25, -0.2) is 0 Å². The van der Waals surface area contributed by atoms with Gasteiger partial charge in [0.1, 0.15) is 5.60 Å². The monoisotopic (exact) mass is 392 g/mol. The van der Waals surface area contributed by atoms with E-state index >= 15 is 0 Å². The molecule has 29 heavy (non-hydrogen) atoms. The molecule has 150 valence electrons. The van der Waals surface area contributed by atoms with Crippen molar-refractivity contribution < 1.29 is 14.3 Å². The third-order valence-corrected chi connectivity index (χ3v) is 6.26. The number of carbonyl (C=O) groups is 2. The standard InChI is InChI=1S/C22H24N4O3/c1-14-4-3-5-15(10-14)11-26-13-22-8-6-17(29-22)18(19(22)21(26)28)20(27)25(2)12-16-7-9-23-24-16/h3-10,17-19H,11-13H2,1-2H3,(H,23,24)/t17-,18+,19+,22-/m0/s1. The van der Waals surface area contributed by atoms with Gasteiger partial charge in [0, 0.05) is 19.8 Å². The smallest absolute Gasteiger partial charge is 0.230 e. The van der Waals surface area contributed by atoms with E-state index in [4.69, 9.17) is 4.74 Å². The van der Waals surface area contributed by atoms with Crippen molar-refractivity contribution in [2.75, 3.05) is 13.6 Å². The quantitative estimate of drug-likeness (QED) is 0.785. The number of aromatic amines is 1. The highest BCUT2D eigenvalue weighted by atomic mass is 16.5. The Bertz CT molecular complexity index is 986. The van der Waals surface area contributed by atoms with Crippen molar-refractivity contribution in [3.8, 4) is 0 Å². The summed E-state index contributed by atoms with van der Waals surface area (Å²) in [7, 11) is 1.76. The lowest BCUT2D eigenvalue weighted by Crippen LogP contribution is -2.44. The van der Waals surface area contributed by atoms with Crippen molar-refractivity contribution >= 4 is 11.8 Å². The molecular weight excluding hydrogens is 368 g/mol. The number of benzene rings is 1. The third kappa shape index (κ3) is 2.88. The number of fused-ring (bicyclic) bond motifs is 1. The zero-order valence-corrected chi connectivity index (χ0v) is 16.5. The predicted molar refractivity (Wildman–Crippen MR) is 105 cm³/mol. The van der Waals surface area contributed by atoms with E-state index in [1.165, 1.54) is 0 Å². The van der Waals surface area contributed by atoms with E-state index in [1.54, 1.807) is 18.1 Å². The summed E-state index contributed by atoms with van der Waals surface area (Å²) in [5, 5.41) is 6.81. The van der Waals surface area contributed by atoms with Crippen molar-refractivity contribution in [3.05, 3.63) is 65.5 Å². The maximum Gasteiger partial charge on any atom is 0.230 e. The summed E-state index contributed by atoms with van der Waals surface area (Å²) in [6.45, 7) is 3.49. The van der Waals surface area contributed by atoms with Gasteiger partial charge in [-0.3, -0.25) is 14.7 Å². The van der Waals surface area contributed by atoms with Crippen molar-refractivity contribution in [1.82, 2.24) is 20.0 Å². The number of amides is 2. The molecule has 1 aromatic heterocycles. The summed E-state index contributed by atoms with van der Waals surface area (Å²) in [4.78, 5) is 30.1. The molecule has 2 fully saturated rings. The number of nitrogens with one attached hydrogen (secondary N) is 1. The number of H-pyrrole nitrogens is 1. The van der Waals surface area contributed by atoms with Crippen LogP contribution in [0.2, 0.25) is 0 Å². The lowest BCUT2D eigenvalue weighted by molar-refractivity contribution is -0.142. The highest BCUT2D eigenvalue weighted by Crippen LogP contribution is 2.52. The second kappa shape index (κ2) is 6.56. The van der Waals surface area contributed by atoms with E-state index in [0.717, 1.165) is 16.8 Å². The van der Waals surface area contributed by atoms with Crippen LogP contribution in [0, 0.1) is 18.8 Å². The first-order valence-corrected chi connectivity index (χ1v) is 9.92. The van der Waals surface area contributed by atoms with Gasteiger partial charge in [-0.15, -0.1) is 0 Å². The minimum absolute atomic E-state index is 0.00615. The van der Waals surface area contributed by atoms with Gasteiger partial charge in [0.2, 0.25) is 11.8 Å². The van der Waals surface area contributed by atoms with Gasteiger partial charge < -0.3 is 14.5 Å². The molecule has 4 atom stereocenters. The molecule has 0 radical (unpaired) electrons. The molecule has 7 heteroatoms. The molecule has 3 aliphatic heterocycles. The van der Waals surface area contributed by atoms with Crippen LogP contribution in [-0.2, 0) is 27.4 Å². The van der Waals surface area contributed by atoms with E-state index in [-0.39, 0.29) is 17.9 Å². The fourth-order valence-corrected chi connectivity index (χ4v) is 4.99. The fraction of sp³-hybridized carbons (Fsp3) is 0.409. The van der Waals surface area contributed by atoms with Crippen molar-refractivity contribution in [2.24, 2.45) is 11.8 Å². The molecule has 1 aromatic carbocycles. The van der Waals surface area contributed by atoms with Gasteiger partial charge in [0.05, 0.1) is 36.7 Å². The highest BCUT2D eigenvalue weighted by molar-refractivity contribution is 5.93. The second-order valence-corrected chi connectivity index (χ2v) is 8.36. The maximum absolute atomic E-state index is 13.3. The number of aryl methyl sites for hydroxylation is 1. The molecule has 1 N–H and O–H groups in total. The minimum Gasteiger partial charge on any atom is -0.360 e. The Morgan fingerprint density at radius 1 is 1.41 bits per heavy atom. The lowest BCUT2D eigenvalue weighted by Gasteiger charge is -2.27. The van der Waals surface area contributed by atoms with Crippen LogP contribution in [0.1, 0.15) is 16.8 Å². The molecular formula is C22H24N4O3. The number of rotatable bonds is 5. The first-order valence-electron chi connectivity index (χ1n) is 9.92. The Morgan fingerprint density at radius 2 is 2.28 bits per heavy atom. The summed E-state index contributed by atoms with van der Waals surface area (Å²) < 4.78 is 6.22. The minimum atomic E-state index is -0.680. The van der Waals surface area contributed by atoms with Gasteiger partial charge in [0.25, 0.3) is 0 Å². The Balaban J connectivity index is 1.37. The van der Waals surface area contributed by atoms with Crippen LogP contribution in [-0.4, -0.2) is 57.1 Å². The number of ether oxygens (including phenoxy) is 1. The van der Waals surface area contributed by atoms with Crippen LogP contribution in [0.25, 0.3) is 0 Å². The molecule has 7 nitrogen and oxygen atoms in total. The molecule has 3 aliphatic rings. The summed E-state index contributed by atoms with van der Waals surface area (Å²) >= 11 is 0. The zero-order chi connectivity index (χ0) is 20.2. The Labute approximate surface area is 169 Å². The van der Waals surface area contributed by atoms with E-state index in [9.17, 15) is 9.59 Å². The summed E-state index contributed by atoms with van der Waals surface area (Å²) in [6, 6.07) is 10.0. The molecule has 4 heterocycles. The molecule has 2 amide bonds. The highest BCUT2D eigenvalue weighted by Gasteiger charge is 2.67. The van der Waals surface area contributed by atoms with Gasteiger partial charge >= 0.3 is 0 Å². The van der Waals surface area contributed by atoms with E-state index in [1.807, 2.05) is 48.2 Å². The maximum atomic E-state index is 13.3. The molecule has 0 aliphatic carbocycles. The average Bonchev–Trinajstić information content (AvgIpc) is 3.45. The SMILES string of the molecule is Cc1cccc(CN2C[C@]34C=C[C@H](O3)[C@@H](C(=O)N(C)Cc3ccn[nH]3)[C@@H]4C2=O)c1. The van der Waals surface area contributed by atoms with Crippen molar-refractivity contribution in [1.29, 1.82) is 0 Å². The molecule has 2 bridgehead atoms. The van der Waals surface area contributed by atoms with Gasteiger partial charge in [-0.2, -0.15) is 5.10 Å². The first-order chi connectivity index (χ1) is 14.0. The molecule has 0 unspecified atom stereocenters. The number of hydrogen-bond acceptors (Lipinski definition) is 4. The molecule has 5 rings (SSSR count).